The third kappa shape index (κ3) is 6.74. The quantitative estimate of drug-likeness (QED) is 0.344. The predicted molar refractivity (Wildman–Crippen MR) is 121 cm³/mol. The Bertz CT molecular complexity index is 1100. The smallest absolute Gasteiger partial charge is 0.307 e. The fourth-order valence-corrected chi connectivity index (χ4v) is 3.14. The van der Waals surface area contributed by atoms with Crippen LogP contribution in [0.2, 0.25) is 0 Å². The van der Waals surface area contributed by atoms with Gasteiger partial charge in [-0.05, 0) is 43.3 Å². The molecule has 170 valence electrons. The Morgan fingerprint density at radius 3 is 2.24 bits per heavy atom. The highest BCUT2D eigenvalue weighted by atomic mass is 19.1. The summed E-state index contributed by atoms with van der Waals surface area (Å²) >= 11 is 0. The van der Waals surface area contributed by atoms with Gasteiger partial charge in [0.05, 0.1) is 18.7 Å². The van der Waals surface area contributed by atoms with Crippen LogP contribution in [0.5, 0.6) is 5.75 Å². The summed E-state index contributed by atoms with van der Waals surface area (Å²) in [5.41, 5.74) is 1.24. The normalized spacial score (nSPS) is 11.3. The van der Waals surface area contributed by atoms with Crippen LogP contribution in [0.25, 0.3) is 0 Å². The van der Waals surface area contributed by atoms with Gasteiger partial charge in [-0.3, -0.25) is 14.4 Å². The maximum absolute atomic E-state index is 13.1. The topological polar surface area (TPSA) is 81.7 Å². The van der Waals surface area contributed by atoms with Crippen molar-refractivity contribution in [3.63, 3.8) is 0 Å². The Labute approximate surface area is 191 Å². The fourth-order valence-electron chi connectivity index (χ4n) is 3.14. The first-order valence-corrected chi connectivity index (χ1v) is 10.5. The van der Waals surface area contributed by atoms with Crippen molar-refractivity contribution in [3.8, 4) is 5.75 Å². The van der Waals surface area contributed by atoms with Gasteiger partial charge < -0.3 is 14.8 Å². The van der Waals surface area contributed by atoms with E-state index in [-0.39, 0.29) is 18.6 Å². The van der Waals surface area contributed by atoms with E-state index in [0.29, 0.717) is 29.2 Å². The van der Waals surface area contributed by atoms with E-state index >= 15 is 0 Å². The monoisotopic (exact) mass is 449 g/mol. The second-order valence-corrected chi connectivity index (χ2v) is 7.13. The fraction of sp³-hybridized carbons (Fsp3) is 0.192. The minimum absolute atomic E-state index is 0.124. The third-order valence-corrected chi connectivity index (χ3v) is 4.76. The largest absolute Gasteiger partial charge is 0.492 e. The van der Waals surface area contributed by atoms with Crippen LogP contribution in [0, 0.1) is 5.82 Å². The van der Waals surface area contributed by atoms with E-state index in [1.165, 1.54) is 24.3 Å². The number of anilines is 1. The molecule has 0 heterocycles. The molecule has 1 unspecified atom stereocenters. The number of ketones is 1. The Hall–Kier alpha value is -4.00. The summed E-state index contributed by atoms with van der Waals surface area (Å²) in [6.45, 7) is 2.26. The molecule has 1 atom stereocenters. The van der Waals surface area contributed by atoms with E-state index in [4.69, 9.17) is 9.47 Å². The van der Waals surface area contributed by atoms with E-state index in [9.17, 15) is 18.8 Å². The molecule has 0 aliphatic carbocycles. The van der Waals surface area contributed by atoms with Gasteiger partial charge in [0.25, 0.3) is 5.91 Å². The average Bonchev–Trinajstić information content (AvgIpc) is 2.83. The van der Waals surface area contributed by atoms with Crippen LogP contribution in [0.15, 0.2) is 78.9 Å². The number of ether oxygens (including phenoxy) is 2. The number of carbonyl (C=O) groups is 3. The zero-order valence-electron chi connectivity index (χ0n) is 18.1. The van der Waals surface area contributed by atoms with Gasteiger partial charge >= 0.3 is 5.97 Å². The molecule has 3 rings (SSSR count). The Balaban J connectivity index is 1.69. The summed E-state index contributed by atoms with van der Waals surface area (Å²) < 4.78 is 24.0. The van der Waals surface area contributed by atoms with Crippen LogP contribution in [0.4, 0.5) is 10.1 Å². The lowest BCUT2D eigenvalue weighted by molar-refractivity contribution is -0.154. The molecule has 0 saturated heterocycles. The summed E-state index contributed by atoms with van der Waals surface area (Å²) in [6, 6.07) is 20.6. The summed E-state index contributed by atoms with van der Waals surface area (Å²) in [6.07, 6.45) is -1.56. The molecule has 0 bridgehead atoms. The lowest BCUT2D eigenvalue weighted by Gasteiger charge is -2.19. The van der Waals surface area contributed by atoms with Gasteiger partial charge in [0.1, 0.15) is 11.6 Å². The third-order valence-electron chi connectivity index (χ3n) is 4.76. The number of nitrogens with one attached hydrogen (secondary N) is 1. The van der Waals surface area contributed by atoms with E-state index in [1.807, 2.05) is 6.92 Å². The number of rotatable bonds is 10. The van der Waals surface area contributed by atoms with Gasteiger partial charge in [-0.15, -0.1) is 0 Å². The second-order valence-electron chi connectivity index (χ2n) is 7.13. The molecular weight excluding hydrogens is 425 g/mol. The highest BCUT2D eigenvalue weighted by Crippen LogP contribution is 2.27. The maximum Gasteiger partial charge on any atom is 0.307 e. The summed E-state index contributed by atoms with van der Waals surface area (Å²) in [5, 5.41) is 2.75. The van der Waals surface area contributed by atoms with Crippen LogP contribution in [0.3, 0.4) is 0 Å². The van der Waals surface area contributed by atoms with Crippen LogP contribution in [-0.4, -0.2) is 24.3 Å². The molecule has 0 aromatic heterocycles. The summed E-state index contributed by atoms with van der Waals surface area (Å²) in [5.74, 6) is -1.53. The summed E-state index contributed by atoms with van der Waals surface area (Å²) in [4.78, 5) is 37.8. The number of benzene rings is 3. The number of carbonyl (C=O) groups excluding carboxylic acids is 3. The number of para-hydroxylation sites is 2. The molecule has 3 aromatic rings. The van der Waals surface area contributed by atoms with E-state index in [0.717, 1.165) is 0 Å². The molecule has 0 saturated carbocycles. The number of Topliss-reactive ketones (excluding diaryl/α,β-unsaturated/α-hetero) is 1. The van der Waals surface area contributed by atoms with Crippen LogP contribution >= 0.6 is 0 Å². The van der Waals surface area contributed by atoms with Crippen molar-refractivity contribution in [2.45, 2.75) is 25.9 Å². The van der Waals surface area contributed by atoms with E-state index < -0.39 is 23.8 Å². The minimum Gasteiger partial charge on any atom is -0.492 e. The Morgan fingerprint density at radius 2 is 1.55 bits per heavy atom. The number of hydrogen-bond donors (Lipinski definition) is 1. The molecule has 0 aliphatic rings. The molecule has 1 N–H and O–H groups in total. The van der Waals surface area contributed by atoms with Gasteiger partial charge in [0.15, 0.2) is 5.78 Å². The van der Waals surface area contributed by atoms with Crippen molar-refractivity contribution in [1.82, 2.24) is 0 Å². The molecule has 7 heteroatoms. The molecule has 0 fully saturated rings. The summed E-state index contributed by atoms with van der Waals surface area (Å²) in [7, 11) is 0. The highest BCUT2D eigenvalue weighted by Gasteiger charge is 2.26. The number of amides is 1. The molecule has 1 amide bonds. The van der Waals surface area contributed by atoms with Crippen molar-refractivity contribution in [2.75, 3.05) is 11.9 Å². The molecular formula is C26H24FNO5. The van der Waals surface area contributed by atoms with Crippen molar-refractivity contribution < 1.29 is 28.2 Å². The molecule has 6 nitrogen and oxygen atoms in total. The molecule has 0 aliphatic heterocycles. The predicted octanol–water partition coefficient (Wildman–Crippen LogP) is 5.11. The number of hydrogen-bond acceptors (Lipinski definition) is 5. The van der Waals surface area contributed by atoms with Crippen LogP contribution < -0.4 is 10.1 Å². The molecule has 33 heavy (non-hydrogen) atoms. The van der Waals surface area contributed by atoms with E-state index in [2.05, 4.69) is 5.32 Å². The zero-order valence-corrected chi connectivity index (χ0v) is 18.1. The van der Waals surface area contributed by atoms with Crippen LogP contribution in [0.1, 0.15) is 41.8 Å². The average molecular weight is 449 g/mol. The first kappa shape index (κ1) is 23.7. The van der Waals surface area contributed by atoms with Crippen molar-refractivity contribution in [3.05, 3.63) is 95.8 Å². The first-order chi connectivity index (χ1) is 16.0. The standard InChI is InChI=1S/C26H24FNO5/c1-2-32-23-11-7-6-10-21(23)28-26(31)25(19-8-4-3-5-9-19)33-24(30)17-16-22(29)18-12-14-20(27)15-13-18/h3-15,25H,2,16-17H2,1H3,(H,28,31). The molecule has 3 aromatic carbocycles. The molecule has 0 radical (unpaired) electrons. The SMILES string of the molecule is CCOc1ccccc1NC(=O)C(OC(=O)CCC(=O)c1ccc(F)cc1)c1ccccc1. The number of halogens is 1. The van der Waals surface area contributed by atoms with Crippen LogP contribution in [-0.2, 0) is 14.3 Å². The number of esters is 1. The second kappa shape index (κ2) is 11.6. The minimum atomic E-state index is -1.21. The Morgan fingerprint density at radius 1 is 0.879 bits per heavy atom. The van der Waals surface area contributed by atoms with E-state index in [1.54, 1.807) is 54.6 Å². The van der Waals surface area contributed by atoms with Gasteiger partial charge in [-0.25, -0.2) is 4.39 Å². The van der Waals surface area contributed by atoms with Gasteiger partial charge in [0, 0.05) is 17.5 Å². The zero-order chi connectivity index (χ0) is 23.6. The first-order valence-electron chi connectivity index (χ1n) is 10.5. The molecule has 0 spiro atoms. The highest BCUT2D eigenvalue weighted by molar-refractivity contribution is 5.99. The van der Waals surface area contributed by atoms with Crippen molar-refractivity contribution >= 4 is 23.3 Å². The maximum atomic E-state index is 13.1. The Kier molecular flexibility index (Phi) is 8.30. The lowest BCUT2D eigenvalue weighted by atomic mass is 10.1. The van der Waals surface area contributed by atoms with Crippen molar-refractivity contribution in [2.24, 2.45) is 0 Å². The van der Waals surface area contributed by atoms with Gasteiger partial charge in [-0.2, -0.15) is 0 Å². The lowest BCUT2D eigenvalue weighted by Crippen LogP contribution is -2.26. The van der Waals surface area contributed by atoms with Crippen molar-refractivity contribution in [1.29, 1.82) is 0 Å². The van der Waals surface area contributed by atoms with Gasteiger partial charge in [0.2, 0.25) is 6.10 Å². The van der Waals surface area contributed by atoms with Gasteiger partial charge in [-0.1, -0.05) is 42.5 Å².